The highest BCUT2D eigenvalue weighted by molar-refractivity contribution is 5.45. The summed E-state index contributed by atoms with van der Waals surface area (Å²) >= 11 is 0. The lowest BCUT2D eigenvalue weighted by molar-refractivity contribution is 0.319. The van der Waals surface area contributed by atoms with Crippen LogP contribution in [0.25, 0.3) is 0 Å². The van der Waals surface area contributed by atoms with Crippen molar-refractivity contribution in [3.63, 3.8) is 0 Å². The summed E-state index contributed by atoms with van der Waals surface area (Å²) in [6, 6.07) is 0.505. The molecule has 3 nitrogen and oxygen atoms in total. The van der Waals surface area contributed by atoms with Crippen LogP contribution < -0.4 is 5.32 Å². The lowest BCUT2D eigenvalue weighted by atomic mass is 9.82. The molecule has 1 aromatic heterocycles. The van der Waals surface area contributed by atoms with Crippen LogP contribution in [0.15, 0.2) is 10.8 Å². The first-order valence-corrected chi connectivity index (χ1v) is 4.77. The summed E-state index contributed by atoms with van der Waals surface area (Å²) in [5.74, 6) is 0.936. The molecule has 1 N–H and O–H groups in total. The lowest BCUT2D eigenvalue weighted by Gasteiger charge is -2.34. The Labute approximate surface area is 78.5 Å². The second kappa shape index (κ2) is 2.76. The Hall–Kier alpha value is -0.990. The number of hydrogen-bond donors (Lipinski definition) is 1. The molecule has 0 aromatic carbocycles. The van der Waals surface area contributed by atoms with Gasteiger partial charge in [-0.05, 0) is 18.3 Å². The zero-order valence-corrected chi connectivity index (χ0v) is 8.42. The third kappa shape index (κ3) is 1.55. The van der Waals surface area contributed by atoms with Crippen molar-refractivity contribution in [3.05, 3.63) is 11.8 Å². The highest BCUT2D eigenvalue weighted by Gasteiger charge is 2.29. The van der Waals surface area contributed by atoms with Gasteiger partial charge in [0.15, 0.2) is 5.82 Å². The first-order chi connectivity index (χ1) is 6.07. The molecule has 1 aromatic rings. The number of hydrogen-bond acceptors (Lipinski definition) is 3. The van der Waals surface area contributed by atoms with Crippen LogP contribution in [0.5, 0.6) is 0 Å². The molecular formula is C10H16N2O. The number of aryl methyl sites for hydroxylation is 1. The molecule has 72 valence electrons. The molecule has 3 heteroatoms. The maximum atomic E-state index is 4.92. The molecule has 0 fully saturated rings. The summed E-state index contributed by atoms with van der Waals surface area (Å²) in [5.41, 5.74) is 1.50. The van der Waals surface area contributed by atoms with Crippen LogP contribution in [-0.4, -0.2) is 11.2 Å². The molecule has 1 aliphatic heterocycles. The average Bonchev–Trinajstić information content (AvgIpc) is 2.47. The first kappa shape index (κ1) is 8.60. The number of nitrogens with one attached hydrogen (secondary N) is 1. The van der Waals surface area contributed by atoms with Crippen molar-refractivity contribution in [1.82, 2.24) is 5.16 Å². The first-order valence-electron chi connectivity index (χ1n) is 4.77. The smallest absolute Gasteiger partial charge is 0.172 e. The monoisotopic (exact) mass is 180 g/mol. The molecule has 0 radical (unpaired) electrons. The maximum Gasteiger partial charge on any atom is 0.172 e. The van der Waals surface area contributed by atoms with Crippen LogP contribution in [-0.2, 0) is 6.42 Å². The zero-order valence-electron chi connectivity index (χ0n) is 8.42. The van der Waals surface area contributed by atoms with Crippen molar-refractivity contribution >= 4 is 5.82 Å². The average molecular weight is 180 g/mol. The van der Waals surface area contributed by atoms with Gasteiger partial charge >= 0.3 is 0 Å². The van der Waals surface area contributed by atoms with E-state index in [-0.39, 0.29) is 5.41 Å². The van der Waals surface area contributed by atoms with Gasteiger partial charge in [-0.15, -0.1) is 0 Å². The molecule has 0 spiro atoms. The van der Waals surface area contributed by atoms with Gasteiger partial charge in [0, 0.05) is 11.6 Å². The Morgan fingerprint density at radius 3 is 3.00 bits per heavy atom. The van der Waals surface area contributed by atoms with Crippen LogP contribution in [0.2, 0.25) is 0 Å². The van der Waals surface area contributed by atoms with E-state index in [0.29, 0.717) is 6.04 Å². The van der Waals surface area contributed by atoms with Crippen LogP contribution in [0.3, 0.4) is 0 Å². The summed E-state index contributed by atoms with van der Waals surface area (Å²) in [4.78, 5) is 0. The Morgan fingerprint density at radius 1 is 1.54 bits per heavy atom. The molecule has 0 amide bonds. The second-order valence-electron chi connectivity index (χ2n) is 4.79. The fourth-order valence-electron chi connectivity index (χ4n) is 1.74. The molecule has 1 unspecified atom stereocenters. The third-order valence-electron chi connectivity index (χ3n) is 2.70. The fourth-order valence-corrected chi connectivity index (χ4v) is 1.74. The second-order valence-corrected chi connectivity index (χ2v) is 4.79. The molecule has 1 atom stereocenters. The summed E-state index contributed by atoms with van der Waals surface area (Å²) < 4.78 is 4.92. The van der Waals surface area contributed by atoms with Crippen LogP contribution >= 0.6 is 0 Å². The standard InChI is InChI=1S/C10H16N2O/c1-10(2,3)8-5-4-7-6-13-12-9(7)11-8/h6,8H,4-5H2,1-3H3,(H,11,12). The van der Waals surface area contributed by atoms with E-state index < -0.39 is 0 Å². The van der Waals surface area contributed by atoms with Gasteiger partial charge in [-0.1, -0.05) is 25.9 Å². The highest BCUT2D eigenvalue weighted by atomic mass is 16.5. The zero-order chi connectivity index (χ0) is 9.47. The van der Waals surface area contributed by atoms with Crippen molar-refractivity contribution in [2.75, 3.05) is 5.32 Å². The lowest BCUT2D eigenvalue weighted by Crippen LogP contribution is -2.37. The van der Waals surface area contributed by atoms with E-state index in [4.69, 9.17) is 4.52 Å². The van der Waals surface area contributed by atoms with E-state index in [1.807, 2.05) is 0 Å². The Morgan fingerprint density at radius 2 is 2.31 bits per heavy atom. The van der Waals surface area contributed by atoms with Crippen LogP contribution in [0.4, 0.5) is 5.82 Å². The van der Waals surface area contributed by atoms with Crippen molar-refractivity contribution in [1.29, 1.82) is 0 Å². The van der Waals surface area contributed by atoms with Gasteiger partial charge < -0.3 is 9.84 Å². The molecule has 0 saturated heterocycles. The maximum absolute atomic E-state index is 4.92. The number of fused-ring (bicyclic) bond motifs is 1. The van der Waals surface area contributed by atoms with Crippen molar-refractivity contribution in [2.24, 2.45) is 5.41 Å². The number of aromatic nitrogens is 1. The molecule has 1 aliphatic rings. The normalized spacial score (nSPS) is 22.2. The van der Waals surface area contributed by atoms with E-state index >= 15 is 0 Å². The molecule has 0 saturated carbocycles. The van der Waals surface area contributed by atoms with E-state index in [2.05, 4.69) is 31.2 Å². The van der Waals surface area contributed by atoms with E-state index in [9.17, 15) is 0 Å². The van der Waals surface area contributed by atoms with E-state index in [1.54, 1.807) is 6.26 Å². The van der Waals surface area contributed by atoms with E-state index in [1.165, 1.54) is 5.56 Å². The third-order valence-corrected chi connectivity index (χ3v) is 2.70. The largest absolute Gasteiger partial charge is 0.364 e. The summed E-state index contributed by atoms with van der Waals surface area (Å²) in [6.07, 6.45) is 3.98. The summed E-state index contributed by atoms with van der Waals surface area (Å²) in [7, 11) is 0. The minimum atomic E-state index is 0.288. The van der Waals surface area contributed by atoms with Gasteiger partial charge in [0.1, 0.15) is 6.26 Å². The Bertz CT molecular complexity index is 298. The van der Waals surface area contributed by atoms with E-state index in [0.717, 1.165) is 18.7 Å². The summed E-state index contributed by atoms with van der Waals surface area (Å²) in [6.45, 7) is 6.74. The molecule has 0 aliphatic carbocycles. The number of nitrogens with zero attached hydrogens (tertiary/aromatic N) is 1. The van der Waals surface area contributed by atoms with Gasteiger partial charge in [0.25, 0.3) is 0 Å². The van der Waals surface area contributed by atoms with Crippen LogP contribution in [0.1, 0.15) is 32.8 Å². The molecule has 2 rings (SSSR count). The minimum Gasteiger partial charge on any atom is -0.364 e. The molecule has 0 bridgehead atoms. The Balaban J connectivity index is 2.18. The van der Waals surface area contributed by atoms with Crippen LogP contribution in [0, 0.1) is 5.41 Å². The quantitative estimate of drug-likeness (QED) is 0.666. The molecule has 13 heavy (non-hydrogen) atoms. The van der Waals surface area contributed by atoms with Gasteiger partial charge in [-0.2, -0.15) is 0 Å². The SMILES string of the molecule is CC(C)(C)C1CCc2conc2N1. The summed E-state index contributed by atoms with van der Waals surface area (Å²) in [5, 5.41) is 7.35. The Kier molecular flexibility index (Phi) is 1.82. The van der Waals surface area contributed by atoms with Gasteiger partial charge in [-0.25, -0.2) is 0 Å². The van der Waals surface area contributed by atoms with Gasteiger partial charge in [0.2, 0.25) is 0 Å². The molecule has 2 heterocycles. The van der Waals surface area contributed by atoms with Crippen molar-refractivity contribution < 1.29 is 4.52 Å². The predicted molar refractivity (Wildman–Crippen MR) is 51.7 cm³/mol. The molecular weight excluding hydrogens is 164 g/mol. The number of anilines is 1. The van der Waals surface area contributed by atoms with Gasteiger partial charge in [0.05, 0.1) is 0 Å². The minimum absolute atomic E-state index is 0.288. The fraction of sp³-hybridized carbons (Fsp3) is 0.700. The van der Waals surface area contributed by atoms with Crippen molar-refractivity contribution in [2.45, 2.75) is 39.7 Å². The predicted octanol–water partition coefficient (Wildman–Crippen LogP) is 2.45. The highest BCUT2D eigenvalue weighted by Crippen LogP contribution is 2.31. The van der Waals surface area contributed by atoms with Crippen molar-refractivity contribution in [3.8, 4) is 0 Å². The number of rotatable bonds is 0. The van der Waals surface area contributed by atoms with Gasteiger partial charge in [-0.3, -0.25) is 0 Å². The topological polar surface area (TPSA) is 38.1 Å².